The van der Waals surface area contributed by atoms with Crippen LogP contribution < -0.4 is 10.9 Å². The number of halogens is 3. The Kier molecular flexibility index (Phi) is 6.24. The van der Waals surface area contributed by atoms with Gasteiger partial charge >= 0.3 is 0 Å². The Labute approximate surface area is 176 Å². The molecule has 6 nitrogen and oxygen atoms in total. The van der Waals surface area contributed by atoms with Crippen LogP contribution in [0.5, 0.6) is 0 Å². The lowest BCUT2D eigenvalue weighted by molar-refractivity contribution is -0.124. The van der Waals surface area contributed by atoms with Crippen LogP contribution in [0.2, 0.25) is 0 Å². The van der Waals surface area contributed by atoms with Crippen molar-refractivity contribution in [2.75, 3.05) is 0 Å². The number of benzene rings is 1. The number of pyridine rings is 1. The molecular weight excluding hydrogens is 409 g/mol. The highest BCUT2D eigenvalue weighted by atomic mass is 19.3. The average Bonchev–Trinajstić information content (AvgIpc) is 2.70. The number of aromatic nitrogens is 3. The monoisotopic (exact) mass is 430 g/mol. The minimum absolute atomic E-state index is 0.00658. The molecule has 1 aromatic carbocycles. The molecule has 162 valence electrons. The summed E-state index contributed by atoms with van der Waals surface area (Å²) in [7, 11) is 0. The first-order chi connectivity index (χ1) is 14.5. The van der Waals surface area contributed by atoms with Gasteiger partial charge < -0.3 is 10.3 Å². The Morgan fingerprint density at radius 2 is 1.94 bits per heavy atom. The van der Waals surface area contributed by atoms with Crippen molar-refractivity contribution in [3.63, 3.8) is 0 Å². The first-order valence-electron chi connectivity index (χ1n) is 9.56. The molecule has 0 radical (unpaired) electrons. The van der Waals surface area contributed by atoms with Crippen molar-refractivity contribution in [3.8, 4) is 22.6 Å². The van der Waals surface area contributed by atoms with E-state index in [-0.39, 0.29) is 46.6 Å². The normalized spacial score (nSPS) is 11.6. The van der Waals surface area contributed by atoms with Crippen LogP contribution in [-0.2, 0) is 17.3 Å². The van der Waals surface area contributed by atoms with Gasteiger partial charge in [0, 0.05) is 48.3 Å². The van der Waals surface area contributed by atoms with E-state index >= 15 is 0 Å². The molecule has 2 aromatic heterocycles. The number of carbonyl (C=O) groups is 1. The zero-order chi connectivity index (χ0) is 22.8. The fourth-order valence-corrected chi connectivity index (χ4v) is 2.96. The number of nitrogens with zero attached hydrogens (tertiary/aromatic N) is 2. The summed E-state index contributed by atoms with van der Waals surface area (Å²) in [6.07, 6.45) is 2.32. The lowest BCUT2D eigenvalue weighted by Gasteiger charge is -2.17. The zero-order valence-electron chi connectivity index (χ0n) is 17.2. The van der Waals surface area contributed by atoms with E-state index in [1.807, 2.05) is 0 Å². The predicted octanol–water partition coefficient (Wildman–Crippen LogP) is 4.02. The van der Waals surface area contributed by atoms with E-state index < -0.39 is 17.3 Å². The molecular formula is C22H21F3N4O2. The minimum atomic E-state index is -3.22. The fourth-order valence-electron chi connectivity index (χ4n) is 2.96. The van der Waals surface area contributed by atoms with Crippen molar-refractivity contribution in [3.05, 3.63) is 70.0 Å². The van der Waals surface area contributed by atoms with Crippen molar-refractivity contribution < 1.29 is 18.0 Å². The summed E-state index contributed by atoms with van der Waals surface area (Å²) in [5.41, 5.74) is -0.0472. The number of rotatable bonds is 6. The summed E-state index contributed by atoms with van der Waals surface area (Å²) < 4.78 is 42.1. The lowest BCUT2D eigenvalue weighted by Crippen LogP contribution is -2.27. The maximum Gasteiger partial charge on any atom is 0.271 e. The number of aromatic amines is 1. The van der Waals surface area contributed by atoms with E-state index in [1.165, 1.54) is 24.4 Å². The zero-order valence-corrected chi connectivity index (χ0v) is 17.2. The first kappa shape index (κ1) is 22.2. The number of nitrogens with one attached hydrogen (secondary N) is 2. The molecule has 2 N–H and O–H groups in total. The number of amides is 1. The Morgan fingerprint density at radius 1 is 1.19 bits per heavy atom. The van der Waals surface area contributed by atoms with Gasteiger partial charge in [-0.1, -0.05) is 26.0 Å². The van der Waals surface area contributed by atoms with Crippen molar-refractivity contribution >= 4 is 5.91 Å². The average molecular weight is 430 g/mol. The van der Waals surface area contributed by atoms with Gasteiger partial charge in [-0.05, 0) is 17.7 Å². The Bertz CT molecular complexity index is 1170. The topological polar surface area (TPSA) is 87.7 Å². The third kappa shape index (κ3) is 5.36. The van der Waals surface area contributed by atoms with E-state index in [0.717, 1.165) is 25.3 Å². The molecule has 0 atom stereocenters. The summed E-state index contributed by atoms with van der Waals surface area (Å²) in [4.78, 5) is 34.5. The summed E-state index contributed by atoms with van der Waals surface area (Å²) >= 11 is 0. The highest BCUT2D eigenvalue weighted by molar-refractivity contribution is 5.78. The van der Waals surface area contributed by atoms with Crippen LogP contribution in [0.3, 0.4) is 0 Å². The molecule has 0 unspecified atom stereocenters. The number of hydrogen-bond donors (Lipinski definition) is 2. The summed E-state index contributed by atoms with van der Waals surface area (Å²) in [6, 6.07) is 6.44. The van der Waals surface area contributed by atoms with E-state index in [1.54, 1.807) is 13.8 Å². The third-order valence-corrected chi connectivity index (χ3v) is 4.55. The van der Waals surface area contributed by atoms with Crippen molar-refractivity contribution in [1.82, 2.24) is 20.3 Å². The third-order valence-electron chi connectivity index (χ3n) is 4.55. The molecule has 0 saturated carbocycles. The van der Waals surface area contributed by atoms with Gasteiger partial charge in [0.25, 0.3) is 11.5 Å². The van der Waals surface area contributed by atoms with Crippen molar-refractivity contribution in [1.29, 1.82) is 0 Å². The Balaban J connectivity index is 2.10. The molecule has 0 spiro atoms. The fraction of sp³-hybridized carbons (Fsp3) is 0.273. The minimum Gasteiger partial charge on any atom is -0.352 e. The molecule has 0 saturated heterocycles. The number of carbonyl (C=O) groups excluding carboxylic acids is 1. The van der Waals surface area contributed by atoms with Gasteiger partial charge in [-0.3, -0.25) is 14.6 Å². The van der Waals surface area contributed by atoms with Crippen molar-refractivity contribution in [2.45, 2.75) is 33.2 Å². The summed E-state index contributed by atoms with van der Waals surface area (Å²) in [6.45, 7) is 4.34. The van der Waals surface area contributed by atoms with Gasteiger partial charge in [0.05, 0.1) is 11.9 Å². The standard InChI is InChI=1S/C22H21F3N4O2/c1-12(2)21(31)27-9-13-4-5-17(22(3,24)25)16(6-13)20-28-18(8-19(30)29-20)14-7-15(23)11-26-10-14/h4-8,10-12H,9H2,1-3H3,(H,27,31)(H,28,29,30). The second kappa shape index (κ2) is 8.71. The Morgan fingerprint density at radius 3 is 2.58 bits per heavy atom. The van der Waals surface area contributed by atoms with Crippen LogP contribution in [0.25, 0.3) is 22.6 Å². The van der Waals surface area contributed by atoms with Crippen LogP contribution in [0, 0.1) is 11.7 Å². The quantitative estimate of drug-likeness (QED) is 0.618. The molecule has 1 amide bonds. The predicted molar refractivity (Wildman–Crippen MR) is 110 cm³/mol. The van der Waals surface area contributed by atoms with E-state index in [2.05, 4.69) is 20.3 Å². The van der Waals surface area contributed by atoms with E-state index in [0.29, 0.717) is 5.56 Å². The number of hydrogen-bond acceptors (Lipinski definition) is 4. The molecule has 3 aromatic rings. The van der Waals surface area contributed by atoms with Crippen LogP contribution in [0.1, 0.15) is 31.9 Å². The molecule has 0 aliphatic rings. The smallest absolute Gasteiger partial charge is 0.271 e. The van der Waals surface area contributed by atoms with Crippen LogP contribution in [0.4, 0.5) is 13.2 Å². The highest BCUT2D eigenvalue weighted by Crippen LogP contribution is 2.35. The van der Waals surface area contributed by atoms with Crippen LogP contribution in [0.15, 0.2) is 47.5 Å². The van der Waals surface area contributed by atoms with Gasteiger partial charge in [-0.15, -0.1) is 0 Å². The van der Waals surface area contributed by atoms with Gasteiger partial charge in [0.1, 0.15) is 11.6 Å². The maximum absolute atomic E-state index is 14.3. The second-order valence-corrected chi connectivity index (χ2v) is 7.51. The largest absolute Gasteiger partial charge is 0.352 e. The highest BCUT2D eigenvalue weighted by Gasteiger charge is 2.29. The van der Waals surface area contributed by atoms with Gasteiger partial charge in [-0.2, -0.15) is 0 Å². The van der Waals surface area contributed by atoms with Crippen LogP contribution >= 0.6 is 0 Å². The van der Waals surface area contributed by atoms with Gasteiger partial charge in [-0.25, -0.2) is 18.2 Å². The molecule has 0 bridgehead atoms. The summed E-state index contributed by atoms with van der Waals surface area (Å²) in [5.74, 6) is -4.35. The number of alkyl halides is 2. The van der Waals surface area contributed by atoms with Gasteiger partial charge in [0.15, 0.2) is 0 Å². The van der Waals surface area contributed by atoms with E-state index in [4.69, 9.17) is 0 Å². The molecule has 0 aliphatic carbocycles. The molecule has 3 rings (SSSR count). The maximum atomic E-state index is 14.3. The molecule has 0 fully saturated rings. The Hall–Kier alpha value is -3.49. The lowest BCUT2D eigenvalue weighted by atomic mass is 9.98. The van der Waals surface area contributed by atoms with Gasteiger partial charge in [0.2, 0.25) is 5.91 Å². The van der Waals surface area contributed by atoms with Crippen molar-refractivity contribution in [2.24, 2.45) is 5.92 Å². The molecule has 31 heavy (non-hydrogen) atoms. The summed E-state index contributed by atoms with van der Waals surface area (Å²) in [5, 5.41) is 2.72. The number of H-pyrrole nitrogens is 1. The first-order valence-corrected chi connectivity index (χ1v) is 9.56. The van der Waals surface area contributed by atoms with E-state index in [9.17, 15) is 22.8 Å². The van der Waals surface area contributed by atoms with Crippen LogP contribution in [-0.4, -0.2) is 20.9 Å². The molecule has 9 heteroatoms. The second-order valence-electron chi connectivity index (χ2n) is 7.51. The molecule has 2 heterocycles. The SMILES string of the molecule is CC(C)C(=O)NCc1ccc(C(C)(F)F)c(-c2nc(-c3cncc(F)c3)cc(=O)[nH]2)c1. The molecule has 0 aliphatic heterocycles.